The lowest BCUT2D eigenvalue weighted by Gasteiger charge is -2.34. The van der Waals surface area contributed by atoms with Crippen molar-refractivity contribution in [2.45, 2.75) is 39.8 Å². The summed E-state index contributed by atoms with van der Waals surface area (Å²) in [5.74, 6) is 3.45. The molecule has 0 saturated heterocycles. The molecule has 1 aromatic carbocycles. The van der Waals surface area contributed by atoms with Gasteiger partial charge in [0.05, 0.1) is 17.1 Å². The van der Waals surface area contributed by atoms with Crippen molar-refractivity contribution in [1.82, 2.24) is 8.87 Å². The molecule has 2 N–H and O–H groups in total. The maximum atomic E-state index is 14.3. The van der Waals surface area contributed by atoms with Crippen LogP contribution in [0.1, 0.15) is 27.7 Å². The van der Waals surface area contributed by atoms with Crippen molar-refractivity contribution >= 4 is 55.4 Å². The van der Waals surface area contributed by atoms with E-state index in [1.807, 2.05) is 50.3 Å². The normalized spacial score (nSPS) is 13.8. The SMILES string of the molecule is C=S(=O)(Nc1cn(C)c(=O)cc1Nc1ccc(I)cc1F)N(C(C)C)C(C)C. The van der Waals surface area contributed by atoms with Crippen molar-refractivity contribution in [3.05, 3.63) is 50.2 Å². The number of aromatic nitrogens is 1. The molecular formula is C19H26FIN4O2S. The summed E-state index contributed by atoms with van der Waals surface area (Å²) in [4.78, 5) is 12.1. The lowest BCUT2D eigenvalue weighted by molar-refractivity contribution is 0.320. The Hall–Kier alpha value is -1.59. The van der Waals surface area contributed by atoms with Crippen LogP contribution >= 0.6 is 22.6 Å². The number of halogens is 2. The summed E-state index contributed by atoms with van der Waals surface area (Å²) in [5.41, 5.74) is 0.661. The first-order valence-corrected chi connectivity index (χ1v) is 11.5. The predicted molar refractivity (Wildman–Crippen MR) is 125 cm³/mol. The molecule has 0 spiro atoms. The second kappa shape index (κ2) is 8.83. The first-order chi connectivity index (χ1) is 12.9. The zero-order chi connectivity index (χ0) is 21.2. The number of nitrogens with zero attached hydrogens (tertiary/aromatic N) is 2. The molecule has 0 aliphatic heterocycles. The highest BCUT2D eigenvalue weighted by Gasteiger charge is 2.24. The van der Waals surface area contributed by atoms with Crippen LogP contribution in [0.15, 0.2) is 35.3 Å². The van der Waals surface area contributed by atoms with E-state index in [1.165, 1.54) is 22.9 Å². The highest BCUT2D eigenvalue weighted by molar-refractivity contribution is 14.1. The van der Waals surface area contributed by atoms with Gasteiger partial charge < -0.3 is 9.88 Å². The Bertz CT molecular complexity index is 1010. The molecule has 1 unspecified atom stereocenters. The lowest BCUT2D eigenvalue weighted by atomic mass is 10.2. The summed E-state index contributed by atoms with van der Waals surface area (Å²) < 4.78 is 34.5. The molecule has 0 fully saturated rings. The van der Waals surface area contributed by atoms with Crippen LogP contribution in [0.25, 0.3) is 0 Å². The second-order valence-corrected chi connectivity index (χ2v) is 10.2. The molecule has 0 bridgehead atoms. The van der Waals surface area contributed by atoms with Crippen LogP contribution in [0.5, 0.6) is 0 Å². The molecule has 6 nitrogen and oxygen atoms in total. The van der Waals surface area contributed by atoms with Crippen molar-refractivity contribution < 1.29 is 8.60 Å². The molecule has 2 aromatic rings. The minimum Gasteiger partial charge on any atom is -0.351 e. The third-order valence-electron chi connectivity index (χ3n) is 4.06. The van der Waals surface area contributed by atoms with Crippen LogP contribution in [0, 0.1) is 9.39 Å². The first kappa shape index (κ1) is 22.7. The van der Waals surface area contributed by atoms with Crippen LogP contribution < -0.4 is 15.6 Å². The van der Waals surface area contributed by atoms with E-state index in [1.54, 1.807) is 23.5 Å². The number of benzene rings is 1. The molecule has 9 heteroatoms. The summed E-state index contributed by atoms with van der Waals surface area (Å²) in [6, 6.07) is 6.04. The zero-order valence-corrected chi connectivity index (χ0v) is 19.6. The molecular weight excluding hydrogens is 494 g/mol. The maximum absolute atomic E-state index is 14.3. The van der Waals surface area contributed by atoms with E-state index >= 15 is 0 Å². The Morgan fingerprint density at radius 2 is 1.75 bits per heavy atom. The summed E-state index contributed by atoms with van der Waals surface area (Å²) in [6.07, 6.45) is 1.53. The van der Waals surface area contributed by atoms with E-state index < -0.39 is 15.7 Å². The lowest BCUT2D eigenvalue weighted by Crippen LogP contribution is -2.45. The van der Waals surface area contributed by atoms with Crippen molar-refractivity contribution in [2.24, 2.45) is 7.05 Å². The number of rotatable bonds is 7. The van der Waals surface area contributed by atoms with Gasteiger partial charge in [0.25, 0.3) is 5.56 Å². The Morgan fingerprint density at radius 3 is 2.29 bits per heavy atom. The number of hydrogen-bond acceptors (Lipinski definition) is 3. The average Bonchev–Trinajstić information content (AvgIpc) is 2.53. The van der Waals surface area contributed by atoms with Crippen molar-refractivity contribution in [1.29, 1.82) is 0 Å². The summed E-state index contributed by atoms with van der Waals surface area (Å²) in [5, 5.41) is 2.93. The van der Waals surface area contributed by atoms with Gasteiger partial charge in [0, 0.05) is 35.0 Å². The quantitative estimate of drug-likeness (QED) is 0.430. The van der Waals surface area contributed by atoms with E-state index in [9.17, 15) is 13.4 Å². The summed E-state index contributed by atoms with van der Waals surface area (Å²) >= 11 is 2.02. The summed E-state index contributed by atoms with van der Waals surface area (Å²) in [6.45, 7) is 7.75. The van der Waals surface area contributed by atoms with E-state index in [0.29, 0.717) is 11.4 Å². The van der Waals surface area contributed by atoms with Gasteiger partial charge in [-0.3, -0.25) is 9.52 Å². The van der Waals surface area contributed by atoms with E-state index in [2.05, 4.69) is 15.9 Å². The van der Waals surface area contributed by atoms with Crippen LogP contribution in [0.2, 0.25) is 0 Å². The van der Waals surface area contributed by atoms with Gasteiger partial charge in [-0.1, -0.05) is 0 Å². The first-order valence-electron chi connectivity index (χ1n) is 8.78. The topological polar surface area (TPSA) is 66.4 Å². The Kier molecular flexibility index (Phi) is 7.16. The molecule has 2 rings (SSSR count). The number of aryl methyl sites for hydroxylation is 1. The predicted octanol–water partition coefficient (Wildman–Crippen LogP) is 3.95. The largest absolute Gasteiger partial charge is 0.351 e. The fourth-order valence-corrected chi connectivity index (χ4v) is 5.48. The smallest absolute Gasteiger partial charge is 0.252 e. The molecule has 0 amide bonds. The third-order valence-corrected chi connectivity index (χ3v) is 6.79. The Balaban J connectivity index is 2.49. The van der Waals surface area contributed by atoms with E-state index in [-0.39, 0.29) is 23.3 Å². The fourth-order valence-electron chi connectivity index (χ4n) is 3.05. The molecule has 0 aliphatic carbocycles. The van der Waals surface area contributed by atoms with Crippen LogP contribution in [0.3, 0.4) is 0 Å². The van der Waals surface area contributed by atoms with Crippen molar-refractivity contribution in [2.75, 3.05) is 10.0 Å². The van der Waals surface area contributed by atoms with Gasteiger partial charge in [-0.05, 0) is 74.4 Å². The summed E-state index contributed by atoms with van der Waals surface area (Å²) in [7, 11) is -1.31. The van der Waals surface area contributed by atoms with Crippen molar-refractivity contribution in [3.8, 4) is 0 Å². The number of nitrogens with one attached hydrogen (secondary N) is 2. The Labute approximate surface area is 179 Å². The van der Waals surface area contributed by atoms with Gasteiger partial charge in [-0.2, -0.15) is 0 Å². The second-order valence-electron chi connectivity index (χ2n) is 7.09. The van der Waals surface area contributed by atoms with Gasteiger partial charge in [-0.15, -0.1) is 0 Å². The molecule has 1 atom stereocenters. The van der Waals surface area contributed by atoms with E-state index in [4.69, 9.17) is 0 Å². The fraction of sp³-hybridized carbons (Fsp3) is 0.368. The molecule has 1 aromatic heterocycles. The minimum absolute atomic E-state index is 0.0184. The van der Waals surface area contributed by atoms with Crippen LogP contribution in [-0.2, 0) is 16.9 Å². The molecule has 0 radical (unpaired) electrons. The number of pyridine rings is 1. The standard InChI is InChI=1S/C19H26FIN4O2S/c1-12(2)25(13(3)4)28(6,27)23-18-11-24(5)19(26)10-17(18)22-16-8-7-14(21)9-15(16)20/h7-13,22H,6H2,1-5H3,(H,23,27). The highest BCUT2D eigenvalue weighted by atomic mass is 127. The van der Waals surface area contributed by atoms with Crippen LogP contribution in [0.4, 0.5) is 21.5 Å². The van der Waals surface area contributed by atoms with Crippen LogP contribution in [-0.4, -0.2) is 31.0 Å². The van der Waals surface area contributed by atoms with E-state index in [0.717, 1.165) is 3.57 Å². The van der Waals surface area contributed by atoms with Gasteiger partial charge in [0.1, 0.15) is 15.7 Å². The highest BCUT2D eigenvalue weighted by Crippen LogP contribution is 2.28. The van der Waals surface area contributed by atoms with Gasteiger partial charge >= 0.3 is 0 Å². The minimum atomic E-state index is -2.90. The third kappa shape index (κ3) is 5.26. The van der Waals surface area contributed by atoms with Gasteiger partial charge in [0.15, 0.2) is 0 Å². The molecule has 154 valence electrons. The average molecular weight is 520 g/mol. The van der Waals surface area contributed by atoms with Gasteiger partial charge in [0.2, 0.25) is 0 Å². The zero-order valence-electron chi connectivity index (χ0n) is 16.6. The molecule has 0 saturated carbocycles. The Morgan fingerprint density at radius 1 is 1.14 bits per heavy atom. The molecule has 0 aliphatic rings. The number of hydrogen-bond donors (Lipinski definition) is 2. The monoisotopic (exact) mass is 520 g/mol. The van der Waals surface area contributed by atoms with Gasteiger partial charge in [-0.25, -0.2) is 12.9 Å². The molecule has 1 heterocycles. The van der Waals surface area contributed by atoms with Crippen molar-refractivity contribution in [3.63, 3.8) is 0 Å². The molecule has 28 heavy (non-hydrogen) atoms. The number of anilines is 3. The maximum Gasteiger partial charge on any atom is 0.252 e.